The van der Waals surface area contributed by atoms with Crippen LogP contribution >= 0.6 is 0 Å². The molecule has 2 unspecified atom stereocenters. The van der Waals surface area contributed by atoms with Gasteiger partial charge < -0.3 is 28.4 Å². The van der Waals surface area contributed by atoms with Gasteiger partial charge in [0.25, 0.3) is 11.6 Å². The topological polar surface area (TPSA) is 89.5 Å². The number of cyclic esters (lactones) is 4. The molecule has 2 atom stereocenters. The number of carbonyl (C=O) groups is 2. The molecule has 2 aliphatic heterocycles. The minimum Gasteiger partial charge on any atom is -0.427 e. The molecule has 2 heterocycles. The molecule has 2 aliphatic rings. The van der Waals surface area contributed by atoms with E-state index in [1.165, 1.54) is 6.08 Å². The van der Waals surface area contributed by atoms with Gasteiger partial charge in [-0.1, -0.05) is 94.4 Å². The van der Waals surface area contributed by atoms with Gasteiger partial charge >= 0.3 is 12.3 Å². The van der Waals surface area contributed by atoms with Crippen LogP contribution < -0.4 is 0 Å². The van der Waals surface area contributed by atoms with Crippen molar-refractivity contribution < 1.29 is 51.2 Å². The van der Waals surface area contributed by atoms with E-state index in [-0.39, 0.29) is 35.3 Å². The van der Waals surface area contributed by atoms with E-state index in [1.54, 1.807) is 13.1 Å². The lowest BCUT2D eigenvalue weighted by molar-refractivity contribution is -0.181. The second-order valence-corrected chi connectivity index (χ2v) is 25.3. The minimum atomic E-state index is -2.59. The first-order valence-corrected chi connectivity index (χ1v) is 21.9. The van der Waals surface area contributed by atoms with Crippen LogP contribution in [-0.2, 0) is 28.4 Å². The van der Waals surface area contributed by atoms with Crippen molar-refractivity contribution in [2.75, 3.05) is 26.4 Å². The molecular formula is C32H57F3O8Si2. The number of rotatable bonds is 14. The third-order valence-corrected chi connectivity index (χ3v) is 19.7. The van der Waals surface area contributed by atoms with Crippen molar-refractivity contribution in [2.45, 2.75) is 142 Å². The first-order chi connectivity index (χ1) is 20.5. The number of carbonyl (C=O) groups excluding carboxylic acids is 2. The Morgan fingerprint density at radius 1 is 0.778 bits per heavy atom. The van der Waals surface area contributed by atoms with Crippen LogP contribution in [0.5, 0.6) is 0 Å². The lowest BCUT2D eigenvalue weighted by Gasteiger charge is -2.35. The van der Waals surface area contributed by atoms with Crippen LogP contribution in [0, 0.1) is 0 Å². The molecule has 0 aromatic heterocycles. The molecule has 0 aromatic carbocycles. The molecular weight excluding hydrogens is 626 g/mol. The standard InChI is InChI=1S/C16H28F2O4Si.C16H29FO4Si/c1-7-8-9-16(11-20-14(19)22-16)21-10-12(17)13(18)23(5,6)15(2,3)4;1-7-8-10-16(12-19-14(18)21-16)20-11-9-13(17)22(5,6)15(2,3)4/h7-11H2,1-6H3;9H,7-8,10-12H2,1-6H3/b13-12-;13-9+. The van der Waals surface area contributed by atoms with E-state index in [0.717, 1.165) is 25.7 Å². The Balaban J connectivity index is 0.000000450. The summed E-state index contributed by atoms with van der Waals surface area (Å²) in [7, 11) is -4.77. The highest BCUT2D eigenvalue weighted by molar-refractivity contribution is 6.86. The molecule has 45 heavy (non-hydrogen) atoms. The highest BCUT2D eigenvalue weighted by Gasteiger charge is 2.46. The van der Waals surface area contributed by atoms with E-state index in [2.05, 4.69) is 20.8 Å². The molecule has 2 saturated heterocycles. The third kappa shape index (κ3) is 11.4. The van der Waals surface area contributed by atoms with Gasteiger partial charge in [-0.3, -0.25) is 0 Å². The molecule has 0 aromatic rings. The average molecular weight is 683 g/mol. The van der Waals surface area contributed by atoms with E-state index in [1.807, 2.05) is 47.7 Å². The smallest absolute Gasteiger partial charge is 0.427 e. The summed E-state index contributed by atoms with van der Waals surface area (Å²) in [6, 6.07) is 0. The molecule has 2 fully saturated rings. The van der Waals surface area contributed by atoms with Gasteiger partial charge in [0.2, 0.25) is 0 Å². The summed E-state index contributed by atoms with van der Waals surface area (Å²) in [6.07, 6.45) is 4.28. The number of unbranched alkanes of at least 4 members (excludes halogenated alkanes) is 2. The third-order valence-electron chi connectivity index (χ3n) is 9.39. The highest BCUT2D eigenvalue weighted by Crippen LogP contribution is 2.43. The predicted molar refractivity (Wildman–Crippen MR) is 174 cm³/mol. The van der Waals surface area contributed by atoms with Gasteiger partial charge in [-0.25, -0.2) is 22.8 Å². The molecule has 8 nitrogen and oxygen atoms in total. The molecule has 0 saturated carbocycles. The number of ether oxygens (including phenoxy) is 6. The maximum absolute atomic E-state index is 14.5. The second kappa shape index (κ2) is 16.3. The Labute approximate surface area is 270 Å². The van der Waals surface area contributed by atoms with Gasteiger partial charge in [0.05, 0.1) is 12.1 Å². The van der Waals surface area contributed by atoms with Crippen LogP contribution in [0.1, 0.15) is 93.9 Å². The second-order valence-electron chi connectivity index (χ2n) is 14.9. The van der Waals surface area contributed by atoms with Gasteiger partial charge in [0.1, 0.15) is 28.2 Å². The molecule has 0 radical (unpaired) electrons. The summed E-state index contributed by atoms with van der Waals surface area (Å²) in [5.41, 5.74) is -0.795. The van der Waals surface area contributed by atoms with E-state index < -0.39 is 57.9 Å². The quantitative estimate of drug-likeness (QED) is 0.132. The van der Waals surface area contributed by atoms with Crippen LogP contribution in [0.3, 0.4) is 0 Å². The van der Waals surface area contributed by atoms with Crippen molar-refractivity contribution in [1.29, 1.82) is 0 Å². The Morgan fingerprint density at radius 2 is 1.20 bits per heavy atom. The van der Waals surface area contributed by atoms with Crippen LogP contribution in [-0.4, -0.2) is 66.5 Å². The summed E-state index contributed by atoms with van der Waals surface area (Å²) >= 11 is 0. The molecule has 0 amide bonds. The summed E-state index contributed by atoms with van der Waals surface area (Å²) in [4.78, 5) is 22.4. The van der Waals surface area contributed by atoms with Crippen molar-refractivity contribution in [3.63, 3.8) is 0 Å². The summed E-state index contributed by atoms with van der Waals surface area (Å²) in [5, 5.41) is -0.395. The number of hydrogen-bond acceptors (Lipinski definition) is 8. The fourth-order valence-electron chi connectivity index (χ4n) is 3.99. The van der Waals surface area contributed by atoms with Gasteiger partial charge in [-0.05, 0) is 29.0 Å². The molecule has 13 heteroatoms. The summed E-state index contributed by atoms with van der Waals surface area (Å²) < 4.78 is 74.3. The lowest BCUT2D eigenvalue weighted by Crippen LogP contribution is -2.40. The normalized spacial score (nSPS) is 23.4. The zero-order valence-corrected chi connectivity index (χ0v) is 31.5. The van der Waals surface area contributed by atoms with E-state index in [4.69, 9.17) is 28.4 Å². The summed E-state index contributed by atoms with van der Waals surface area (Å²) in [5.74, 6) is -3.29. The van der Waals surface area contributed by atoms with E-state index in [0.29, 0.717) is 12.8 Å². The Kier molecular flexibility index (Phi) is 14.9. The Hall–Kier alpha value is -1.84. The van der Waals surface area contributed by atoms with E-state index in [9.17, 15) is 22.8 Å². The fraction of sp³-hybridized carbons (Fsp3) is 0.812. The van der Waals surface area contributed by atoms with Crippen molar-refractivity contribution >= 4 is 28.5 Å². The number of hydrogen-bond donors (Lipinski definition) is 0. The van der Waals surface area contributed by atoms with Crippen molar-refractivity contribution in [1.82, 2.24) is 0 Å². The maximum Gasteiger partial charge on any atom is 0.511 e. The zero-order valence-electron chi connectivity index (χ0n) is 29.5. The zero-order chi connectivity index (χ0) is 34.9. The number of halogens is 3. The van der Waals surface area contributed by atoms with Gasteiger partial charge in [0, 0.05) is 12.8 Å². The first-order valence-electron chi connectivity index (χ1n) is 15.9. The monoisotopic (exact) mass is 682 g/mol. The van der Waals surface area contributed by atoms with Gasteiger partial charge in [-0.15, -0.1) is 0 Å². The lowest BCUT2D eigenvalue weighted by atomic mass is 10.1. The molecule has 0 spiro atoms. The van der Waals surface area contributed by atoms with Gasteiger partial charge in [-0.2, -0.15) is 0 Å². The molecule has 2 rings (SSSR count). The molecule has 0 aliphatic carbocycles. The predicted octanol–water partition coefficient (Wildman–Crippen LogP) is 10.2. The van der Waals surface area contributed by atoms with Crippen LogP contribution in [0.15, 0.2) is 22.8 Å². The van der Waals surface area contributed by atoms with Crippen molar-refractivity contribution in [2.24, 2.45) is 0 Å². The fourth-order valence-corrected chi connectivity index (χ4v) is 6.71. The van der Waals surface area contributed by atoms with Crippen LogP contribution in [0.2, 0.25) is 36.3 Å². The van der Waals surface area contributed by atoms with Crippen LogP contribution in [0.25, 0.3) is 0 Å². The molecule has 0 N–H and O–H groups in total. The van der Waals surface area contributed by atoms with Crippen molar-refractivity contribution in [3.8, 4) is 0 Å². The van der Waals surface area contributed by atoms with E-state index >= 15 is 0 Å². The summed E-state index contributed by atoms with van der Waals surface area (Å²) in [6.45, 7) is 23.0. The average Bonchev–Trinajstić information content (AvgIpc) is 3.50. The first kappa shape index (κ1) is 41.2. The Bertz CT molecular complexity index is 1070. The van der Waals surface area contributed by atoms with Crippen molar-refractivity contribution in [3.05, 3.63) is 22.8 Å². The largest absolute Gasteiger partial charge is 0.511 e. The SMILES string of the molecule is CCCCC1(OC/C(F)=C(\F)[Si](C)(C)C(C)(C)C)COC(=O)O1.CCCCC1(OC/C=C(\F)[Si](C)(C)C(C)(C)C)COC(=O)O1. The molecule has 0 bridgehead atoms. The maximum atomic E-state index is 14.5. The van der Waals surface area contributed by atoms with Gasteiger partial charge in [0.15, 0.2) is 19.0 Å². The minimum absolute atomic E-state index is 0.0708. The van der Waals surface area contributed by atoms with Crippen LogP contribution in [0.4, 0.5) is 22.8 Å². The Morgan fingerprint density at radius 3 is 1.56 bits per heavy atom. The molecule has 262 valence electrons. The highest BCUT2D eigenvalue weighted by atomic mass is 28.3.